The molecule has 0 radical (unpaired) electrons. The topological polar surface area (TPSA) is 195 Å². The predicted octanol–water partition coefficient (Wildman–Crippen LogP) is 18.7. The lowest BCUT2D eigenvalue weighted by Crippen LogP contribution is -2.01. The Bertz CT molecular complexity index is 3870. The number of phenolic OH excluding ortho intramolecular Hbond substituents is 4. The van der Waals surface area contributed by atoms with Crippen LogP contribution >= 0.6 is 41.7 Å². The SMILES string of the molecule is Cc1cc(O)cc(O)c1.Cc1cc(O)cc(O)c1-c1nc(-c2ccc(Oc3ccccc3)cc2)nc(-c2ccc(Oc3ccccc3)cc2)n1.Clc1nc(-c2ccc(Oc3ccccc3)cc2)nc(-c2ccc(Oc3ccccc3)cc2)n1.[Cl][Al]([Cl])[Cl]. The number of halogens is 4. The molecule has 2 heterocycles. The summed E-state index contributed by atoms with van der Waals surface area (Å²) in [4.78, 5) is 27.4. The van der Waals surface area contributed by atoms with E-state index in [1.165, 1.54) is 12.1 Å². The molecule has 0 aliphatic heterocycles. The maximum absolute atomic E-state index is 10.7. The van der Waals surface area contributed by atoms with Gasteiger partial charge in [0.15, 0.2) is 29.1 Å². The zero-order valence-electron chi connectivity index (χ0n) is 46.4. The molecule has 12 aromatic rings. The molecule has 0 bridgehead atoms. The highest BCUT2D eigenvalue weighted by Gasteiger charge is 2.18. The van der Waals surface area contributed by atoms with E-state index in [-0.39, 0.29) is 34.1 Å². The standard InChI is InChI=1S/C34H25N3O4.C27H18ClN3O2.C7H8O2.Al.3ClH/c1-22-20-25(38)21-30(39)31(22)34-36-32(23-12-16-28(17-13-23)40-26-8-4-2-5-9-26)35-33(37-34)24-14-18-29(19-15-24)41-27-10-6-3-7-11-27;28-27-30-25(19-11-15-23(16-12-19)32-21-7-3-1-4-8-21)29-26(31-27)20-13-17-24(18-14-20)33-22-9-5-2-6-10-22;1-5-2-6(8)4-7(9)3-5;;;;/h2-21,38-39H,1H3;1-18H;2-4,8-9H,1H3;;3*1H/q;;;+3;;;/p-3. The van der Waals surface area contributed by atoms with Gasteiger partial charge >= 0.3 is 11.4 Å². The quantitative estimate of drug-likeness (QED) is 0.0796. The van der Waals surface area contributed by atoms with Crippen molar-refractivity contribution in [3.8, 4) is 126 Å². The third-order valence-electron chi connectivity index (χ3n) is 12.2. The lowest BCUT2D eigenvalue weighted by molar-refractivity contribution is 0.449. The summed E-state index contributed by atoms with van der Waals surface area (Å²) in [7, 11) is 14.8. The van der Waals surface area contributed by atoms with Crippen molar-refractivity contribution in [3.05, 3.63) is 265 Å². The number of ether oxygens (including phenoxy) is 4. The normalized spacial score (nSPS) is 10.4. The summed E-state index contributed by atoms with van der Waals surface area (Å²) in [5.41, 5.74) is 5.01. The lowest BCUT2D eigenvalue weighted by Gasteiger charge is -2.12. The predicted molar refractivity (Wildman–Crippen MR) is 344 cm³/mol. The van der Waals surface area contributed by atoms with E-state index in [4.69, 9.17) is 85.9 Å². The molecule has 432 valence electrons. The van der Waals surface area contributed by atoms with Gasteiger partial charge in [-0.3, -0.25) is 0 Å². The summed E-state index contributed by atoms with van der Waals surface area (Å²) in [6, 6.07) is 75.6. The number of hydrogen-bond donors (Lipinski definition) is 4. The van der Waals surface area contributed by atoms with E-state index in [0.29, 0.717) is 45.9 Å². The first-order valence-electron chi connectivity index (χ1n) is 26.6. The van der Waals surface area contributed by atoms with Gasteiger partial charge in [-0.2, -0.15) is 9.97 Å². The second-order valence-corrected chi connectivity index (χ2v) is 25.5. The summed E-state index contributed by atoms with van der Waals surface area (Å²) in [5, 5.41) is 38.5. The summed E-state index contributed by atoms with van der Waals surface area (Å²) >= 11 is 4.49. The molecule has 12 rings (SSSR count). The monoisotopic (exact) mass is 1250 g/mol. The minimum absolute atomic E-state index is 0.0405. The number of phenols is 4. The highest BCUT2D eigenvalue weighted by Crippen LogP contribution is 2.37. The van der Waals surface area contributed by atoms with Crippen LogP contribution in [0, 0.1) is 13.8 Å². The molecule has 0 atom stereocenters. The fourth-order valence-electron chi connectivity index (χ4n) is 8.32. The maximum atomic E-state index is 10.7. The molecule has 2 aromatic heterocycles. The molecule has 19 heteroatoms. The summed E-state index contributed by atoms with van der Waals surface area (Å²) < 4.78 is 23.6. The number of nitrogens with zero attached hydrogens (tertiary/aromatic N) is 6. The number of aromatic nitrogens is 6. The Balaban J connectivity index is 0.000000174. The smallest absolute Gasteiger partial charge is 0.508 e. The van der Waals surface area contributed by atoms with Crippen LogP contribution in [-0.4, -0.2) is 61.7 Å². The van der Waals surface area contributed by atoms with Gasteiger partial charge in [0.25, 0.3) is 0 Å². The van der Waals surface area contributed by atoms with Crippen LogP contribution in [0.2, 0.25) is 5.28 Å². The van der Waals surface area contributed by atoms with Crippen molar-refractivity contribution in [3.63, 3.8) is 0 Å². The van der Waals surface area contributed by atoms with Gasteiger partial charge in [-0.1, -0.05) is 72.8 Å². The van der Waals surface area contributed by atoms with Gasteiger partial charge in [-0.15, -0.1) is 0 Å². The average Bonchev–Trinajstić information content (AvgIpc) is 1.99. The van der Waals surface area contributed by atoms with E-state index < -0.39 is 11.4 Å². The van der Waals surface area contributed by atoms with Crippen molar-refractivity contribution in [1.29, 1.82) is 0 Å². The van der Waals surface area contributed by atoms with Crippen LogP contribution in [0.3, 0.4) is 0 Å². The maximum Gasteiger partial charge on any atom is 0.643 e. The van der Waals surface area contributed by atoms with Crippen molar-refractivity contribution < 1.29 is 39.4 Å². The second-order valence-electron chi connectivity index (χ2n) is 18.7. The van der Waals surface area contributed by atoms with Crippen molar-refractivity contribution in [1.82, 2.24) is 29.9 Å². The van der Waals surface area contributed by atoms with Gasteiger partial charge in [0, 0.05) is 34.4 Å². The number of para-hydroxylation sites is 4. The van der Waals surface area contributed by atoms with E-state index in [1.807, 2.05) is 218 Å². The number of aromatic hydroxyl groups is 4. The van der Waals surface area contributed by atoms with E-state index in [0.717, 1.165) is 62.3 Å². The van der Waals surface area contributed by atoms with E-state index in [2.05, 4.69) is 15.0 Å². The van der Waals surface area contributed by atoms with Gasteiger partial charge < -0.3 is 39.4 Å². The van der Waals surface area contributed by atoms with Crippen LogP contribution in [0.4, 0.5) is 0 Å². The van der Waals surface area contributed by atoms with Crippen molar-refractivity contribution in [2.45, 2.75) is 13.8 Å². The molecule has 0 saturated carbocycles. The van der Waals surface area contributed by atoms with Crippen LogP contribution in [0.25, 0.3) is 56.9 Å². The summed E-state index contributed by atoms with van der Waals surface area (Å²) in [6.07, 6.45) is 0. The van der Waals surface area contributed by atoms with Crippen molar-refractivity contribution in [2.24, 2.45) is 0 Å². The largest absolute Gasteiger partial charge is 0.643 e. The molecular formula is C68H51AlCl4N6O8. The molecule has 87 heavy (non-hydrogen) atoms. The minimum Gasteiger partial charge on any atom is -0.508 e. The van der Waals surface area contributed by atoms with E-state index >= 15 is 0 Å². The minimum atomic E-state index is -1.72. The molecule has 10 aromatic carbocycles. The second kappa shape index (κ2) is 30.4. The molecular weight excluding hydrogens is 1200 g/mol. The lowest BCUT2D eigenvalue weighted by atomic mass is 10.1. The molecule has 0 aliphatic carbocycles. The number of rotatable bonds is 13. The highest BCUT2D eigenvalue weighted by atomic mass is 35.8. The van der Waals surface area contributed by atoms with Crippen LogP contribution in [0.15, 0.2) is 249 Å². The fourth-order valence-corrected chi connectivity index (χ4v) is 8.48. The average molecular weight is 1250 g/mol. The van der Waals surface area contributed by atoms with Gasteiger partial charge in [0.2, 0.25) is 5.28 Å². The van der Waals surface area contributed by atoms with Crippen molar-refractivity contribution >= 4 is 53.1 Å². The van der Waals surface area contributed by atoms with Gasteiger partial charge in [0.05, 0.1) is 5.56 Å². The molecule has 0 aliphatic rings. The zero-order valence-corrected chi connectivity index (χ0v) is 50.5. The van der Waals surface area contributed by atoms with Gasteiger partial charge in [0.1, 0.15) is 69.0 Å². The first-order valence-corrected chi connectivity index (χ1v) is 32.2. The molecule has 0 saturated heterocycles. The Labute approximate surface area is 523 Å². The third kappa shape index (κ3) is 18.7. The Morgan fingerprint density at radius 3 is 0.839 bits per heavy atom. The number of benzene rings is 10. The first kappa shape index (κ1) is 61.9. The zero-order chi connectivity index (χ0) is 61.1. The summed E-state index contributed by atoms with van der Waals surface area (Å²) in [5.74, 6) is 7.97. The molecule has 0 spiro atoms. The molecule has 0 fully saturated rings. The molecule has 14 nitrogen and oxygen atoms in total. The van der Waals surface area contributed by atoms with Crippen molar-refractivity contribution in [2.75, 3.05) is 0 Å². The molecule has 4 N–H and O–H groups in total. The van der Waals surface area contributed by atoms with Gasteiger partial charge in [-0.05, 0) is 200 Å². The Kier molecular flexibility index (Phi) is 21.6. The first-order chi connectivity index (χ1) is 42.2. The van der Waals surface area contributed by atoms with E-state index in [9.17, 15) is 10.2 Å². The summed E-state index contributed by atoms with van der Waals surface area (Å²) in [6.45, 7) is 3.59. The third-order valence-corrected chi connectivity index (χ3v) is 12.3. The van der Waals surface area contributed by atoms with Crippen LogP contribution in [-0.2, 0) is 0 Å². The van der Waals surface area contributed by atoms with Crippen LogP contribution in [0.5, 0.6) is 69.0 Å². The number of aryl methyl sites for hydroxylation is 2. The Morgan fingerprint density at radius 1 is 0.310 bits per heavy atom. The van der Waals surface area contributed by atoms with Crippen LogP contribution < -0.4 is 18.9 Å². The van der Waals surface area contributed by atoms with Gasteiger partial charge in [-0.25, -0.2) is 50.1 Å². The van der Waals surface area contributed by atoms with E-state index in [1.54, 1.807) is 32.0 Å². The number of hydrogen-bond acceptors (Lipinski definition) is 14. The molecule has 0 unspecified atom stereocenters. The fraction of sp³-hybridized carbons (Fsp3) is 0.0294. The Hall–Kier alpha value is -9.69. The Morgan fingerprint density at radius 2 is 0.563 bits per heavy atom. The highest BCUT2D eigenvalue weighted by molar-refractivity contribution is 7.54. The van der Waals surface area contributed by atoms with Crippen LogP contribution in [0.1, 0.15) is 11.1 Å². The molecule has 0 amide bonds.